The van der Waals surface area contributed by atoms with Crippen LogP contribution >= 0.6 is 0 Å². The maximum Gasteiger partial charge on any atom is 0.156 e. The smallest absolute Gasteiger partial charge is 0.156 e. The highest BCUT2D eigenvalue weighted by atomic mass is 19.1. The lowest BCUT2D eigenvalue weighted by molar-refractivity contribution is 0.450. The van der Waals surface area contributed by atoms with Gasteiger partial charge in [0.15, 0.2) is 6.80 Å². The van der Waals surface area contributed by atoms with E-state index in [0.717, 1.165) is 5.69 Å². The monoisotopic (exact) mass is 140 g/mol. The molecule has 0 aromatic heterocycles. The Hall–Kier alpha value is -1.09. The van der Waals surface area contributed by atoms with E-state index in [1.165, 1.54) is 0 Å². The third-order valence-corrected chi connectivity index (χ3v) is 1.07. The molecule has 2 nitrogen and oxygen atoms in total. The van der Waals surface area contributed by atoms with Crippen LogP contribution in [0.4, 0.5) is 10.1 Å². The molecule has 0 aliphatic rings. The molecule has 10 heavy (non-hydrogen) atoms. The number of anilines is 1. The maximum absolute atomic E-state index is 11.5. The van der Waals surface area contributed by atoms with Crippen molar-refractivity contribution in [3.63, 3.8) is 0 Å². The number of hydrogen-bond donors (Lipinski definition) is 2. The van der Waals surface area contributed by atoms with Gasteiger partial charge in [0.05, 0.1) is 0 Å². The standard InChI is InChI=1S/C7H9FN2/c8-6-9-10-7-4-2-1-3-5-7/h1-5,9-10H,6H2. The Labute approximate surface area is 59.0 Å². The van der Waals surface area contributed by atoms with Gasteiger partial charge in [-0.15, -0.1) is 0 Å². The van der Waals surface area contributed by atoms with Crippen molar-refractivity contribution in [2.75, 3.05) is 12.2 Å². The summed E-state index contributed by atoms with van der Waals surface area (Å²) in [6, 6.07) is 9.36. The van der Waals surface area contributed by atoms with E-state index in [1.807, 2.05) is 30.3 Å². The van der Waals surface area contributed by atoms with Crippen molar-refractivity contribution in [3.8, 4) is 0 Å². The van der Waals surface area contributed by atoms with Gasteiger partial charge in [0.25, 0.3) is 0 Å². The minimum atomic E-state index is -0.575. The van der Waals surface area contributed by atoms with Crippen LogP contribution in [0.15, 0.2) is 30.3 Å². The van der Waals surface area contributed by atoms with Gasteiger partial charge in [0.1, 0.15) is 0 Å². The molecule has 0 amide bonds. The largest absolute Gasteiger partial charge is 0.319 e. The van der Waals surface area contributed by atoms with Crippen molar-refractivity contribution in [1.82, 2.24) is 5.43 Å². The second-order valence-electron chi connectivity index (χ2n) is 1.80. The lowest BCUT2D eigenvalue weighted by Gasteiger charge is -2.02. The Bertz CT molecular complexity index is 176. The molecule has 0 aliphatic carbocycles. The van der Waals surface area contributed by atoms with Crippen LogP contribution in [0, 0.1) is 0 Å². The van der Waals surface area contributed by atoms with Crippen LogP contribution < -0.4 is 10.9 Å². The Morgan fingerprint density at radius 3 is 2.50 bits per heavy atom. The SMILES string of the molecule is FCNNc1ccccc1. The minimum absolute atomic E-state index is 0.575. The third kappa shape index (κ3) is 2.03. The number of para-hydroxylation sites is 1. The summed E-state index contributed by atoms with van der Waals surface area (Å²) in [6.45, 7) is -0.575. The predicted octanol–water partition coefficient (Wildman–Crippen LogP) is 1.53. The number of benzene rings is 1. The highest BCUT2D eigenvalue weighted by molar-refractivity contribution is 5.41. The number of rotatable bonds is 3. The summed E-state index contributed by atoms with van der Waals surface area (Å²) in [4.78, 5) is 0. The first kappa shape index (κ1) is 7.02. The van der Waals surface area contributed by atoms with Crippen LogP contribution in [-0.2, 0) is 0 Å². The minimum Gasteiger partial charge on any atom is -0.319 e. The Morgan fingerprint density at radius 1 is 1.20 bits per heavy atom. The van der Waals surface area contributed by atoms with E-state index in [1.54, 1.807) is 0 Å². The van der Waals surface area contributed by atoms with Gasteiger partial charge in [-0.25, -0.2) is 9.82 Å². The van der Waals surface area contributed by atoms with Crippen LogP contribution in [0.25, 0.3) is 0 Å². The molecule has 0 atom stereocenters. The van der Waals surface area contributed by atoms with Gasteiger partial charge < -0.3 is 5.43 Å². The molecule has 1 aromatic rings. The highest BCUT2D eigenvalue weighted by Crippen LogP contribution is 2.01. The van der Waals surface area contributed by atoms with Gasteiger partial charge >= 0.3 is 0 Å². The average molecular weight is 140 g/mol. The number of hydrogen-bond acceptors (Lipinski definition) is 2. The van der Waals surface area contributed by atoms with Crippen molar-refractivity contribution in [3.05, 3.63) is 30.3 Å². The molecular formula is C7H9FN2. The molecule has 0 fully saturated rings. The van der Waals surface area contributed by atoms with Crippen molar-refractivity contribution < 1.29 is 4.39 Å². The first-order valence-corrected chi connectivity index (χ1v) is 3.03. The summed E-state index contributed by atoms with van der Waals surface area (Å²) in [5.41, 5.74) is 5.88. The zero-order chi connectivity index (χ0) is 7.23. The molecule has 0 bridgehead atoms. The number of nitrogens with one attached hydrogen (secondary N) is 2. The first-order valence-electron chi connectivity index (χ1n) is 3.03. The molecule has 0 saturated heterocycles. The van der Waals surface area contributed by atoms with Gasteiger partial charge in [-0.05, 0) is 12.1 Å². The summed E-state index contributed by atoms with van der Waals surface area (Å²) in [5, 5.41) is 0. The zero-order valence-electron chi connectivity index (χ0n) is 5.47. The van der Waals surface area contributed by atoms with E-state index in [9.17, 15) is 4.39 Å². The zero-order valence-corrected chi connectivity index (χ0v) is 5.47. The van der Waals surface area contributed by atoms with E-state index in [4.69, 9.17) is 0 Å². The van der Waals surface area contributed by atoms with Crippen LogP contribution in [0.3, 0.4) is 0 Å². The first-order chi connectivity index (χ1) is 4.93. The quantitative estimate of drug-likeness (QED) is 0.491. The molecule has 0 radical (unpaired) electrons. The average Bonchev–Trinajstić information content (AvgIpc) is 2.03. The predicted molar refractivity (Wildman–Crippen MR) is 39.2 cm³/mol. The summed E-state index contributed by atoms with van der Waals surface area (Å²) in [5.74, 6) is 0. The van der Waals surface area contributed by atoms with Crippen LogP contribution in [0.2, 0.25) is 0 Å². The summed E-state index contributed by atoms with van der Waals surface area (Å²) < 4.78 is 11.5. The second-order valence-corrected chi connectivity index (χ2v) is 1.80. The molecule has 1 aromatic carbocycles. The van der Waals surface area contributed by atoms with Crippen LogP contribution in [0.5, 0.6) is 0 Å². The third-order valence-electron chi connectivity index (χ3n) is 1.07. The maximum atomic E-state index is 11.5. The molecule has 1 rings (SSSR count). The molecule has 0 saturated carbocycles. The normalized spacial score (nSPS) is 9.30. The molecule has 54 valence electrons. The lowest BCUT2D eigenvalue weighted by Crippen LogP contribution is -2.19. The van der Waals surface area contributed by atoms with Gasteiger partial charge in [0.2, 0.25) is 0 Å². The topological polar surface area (TPSA) is 24.1 Å². The lowest BCUT2D eigenvalue weighted by atomic mass is 10.3. The Balaban J connectivity index is 2.43. The summed E-state index contributed by atoms with van der Waals surface area (Å²) in [6.07, 6.45) is 0. The van der Waals surface area contributed by atoms with E-state index in [2.05, 4.69) is 10.9 Å². The van der Waals surface area contributed by atoms with E-state index >= 15 is 0 Å². The molecular weight excluding hydrogens is 131 g/mol. The highest BCUT2D eigenvalue weighted by Gasteiger charge is 1.84. The van der Waals surface area contributed by atoms with E-state index in [-0.39, 0.29) is 0 Å². The van der Waals surface area contributed by atoms with Crippen molar-refractivity contribution >= 4 is 5.69 Å². The van der Waals surface area contributed by atoms with Crippen LogP contribution in [-0.4, -0.2) is 6.80 Å². The Morgan fingerprint density at radius 2 is 1.90 bits per heavy atom. The van der Waals surface area contributed by atoms with Gasteiger partial charge in [-0.3, -0.25) is 0 Å². The molecule has 0 unspecified atom stereocenters. The van der Waals surface area contributed by atoms with Crippen molar-refractivity contribution in [2.24, 2.45) is 0 Å². The van der Waals surface area contributed by atoms with Crippen molar-refractivity contribution in [1.29, 1.82) is 0 Å². The summed E-state index contributed by atoms with van der Waals surface area (Å²) >= 11 is 0. The van der Waals surface area contributed by atoms with Crippen LogP contribution in [0.1, 0.15) is 0 Å². The van der Waals surface area contributed by atoms with Gasteiger partial charge in [0, 0.05) is 5.69 Å². The van der Waals surface area contributed by atoms with E-state index < -0.39 is 6.80 Å². The molecule has 0 heterocycles. The fraction of sp³-hybridized carbons (Fsp3) is 0.143. The fourth-order valence-electron chi connectivity index (χ4n) is 0.657. The summed E-state index contributed by atoms with van der Waals surface area (Å²) in [7, 11) is 0. The molecule has 2 N–H and O–H groups in total. The molecule has 3 heteroatoms. The number of alkyl halides is 1. The number of hydrazine groups is 1. The van der Waals surface area contributed by atoms with Crippen molar-refractivity contribution in [2.45, 2.75) is 0 Å². The van der Waals surface area contributed by atoms with Gasteiger partial charge in [-0.2, -0.15) is 0 Å². The molecule has 0 spiro atoms. The Kier molecular flexibility index (Phi) is 2.70. The van der Waals surface area contributed by atoms with Gasteiger partial charge in [-0.1, -0.05) is 18.2 Å². The van der Waals surface area contributed by atoms with E-state index in [0.29, 0.717) is 0 Å². The molecule has 0 aliphatic heterocycles. The second kappa shape index (κ2) is 3.85. The fourth-order valence-corrected chi connectivity index (χ4v) is 0.657. The number of halogens is 1.